The van der Waals surface area contributed by atoms with Crippen LogP contribution in [0.4, 0.5) is 5.69 Å². The maximum atomic E-state index is 13.7. The first-order chi connectivity index (χ1) is 14.6. The maximum absolute atomic E-state index is 13.7. The van der Waals surface area contributed by atoms with Crippen molar-refractivity contribution in [1.29, 1.82) is 5.41 Å². The van der Waals surface area contributed by atoms with Crippen LogP contribution in [0, 0.1) is 5.41 Å². The first-order valence-electron chi connectivity index (χ1n) is 10.3. The van der Waals surface area contributed by atoms with Crippen molar-refractivity contribution < 1.29 is 9.53 Å². The zero-order chi connectivity index (χ0) is 21.5. The molecule has 1 heterocycles. The lowest BCUT2D eigenvalue weighted by Crippen LogP contribution is -2.40. The highest BCUT2D eigenvalue weighted by Crippen LogP contribution is 2.31. The summed E-state index contributed by atoms with van der Waals surface area (Å²) in [5.41, 5.74) is 8.91. The van der Waals surface area contributed by atoms with Gasteiger partial charge in [-0.3, -0.25) is 9.69 Å². The van der Waals surface area contributed by atoms with Crippen molar-refractivity contribution in [1.82, 2.24) is 4.90 Å². The van der Waals surface area contributed by atoms with E-state index in [1.807, 2.05) is 53.4 Å². The molecule has 0 saturated carbocycles. The number of carbonyl (C=O) groups excluding carboxylic acids is 1. The standard InChI is InChI=1S/C24H30N4O2/c1-3-12-27-13-5-14-28(21-10-8-18(9-11-21)20(16-25)17-26)24(29)23(27)19-6-4-7-22(15-19)30-2/h4,6-11,15-17,23,25H,3,5,12-14,26H2,1-2H3/b20-17+,25-16?. The average Bonchev–Trinajstić information content (AvgIpc) is 2.94. The third-order valence-electron chi connectivity index (χ3n) is 5.46. The van der Waals surface area contributed by atoms with E-state index in [4.69, 9.17) is 15.9 Å². The van der Waals surface area contributed by atoms with E-state index < -0.39 is 0 Å². The first kappa shape index (κ1) is 21.6. The lowest BCUT2D eigenvalue weighted by atomic mass is 10.0. The minimum absolute atomic E-state index is 0.0728. The SMILES string of the molecule is CCCN1CCCN(c2ccc(/C(C=N)=C/N)cc2)C(=O)C1c1cccc(OC)c1. The molecule has 0 aromatic heterocycles. The van der Waals surface area contributed by atoms with E-state index in [1.165, 1.54) is 12.4 Å². The number of methoxy groups -OCH3 is 1. The fraction of sp³-hybridized carbons (Fsp3) is 0.333. The number of hydrogen-bond donors (Lipinski definition) is 2. The van der Waals surface area contributed by atoms with Gasteiger partial charge in [-0.25, -0.2) is 0 Å². The van der Waals surface area contributed by atoms with Gasteiger partial charge >= 0.3 is 0 Å². The first-order valence-corrected chi connectivity index (χ1v) is 10.3. The van der Waals surface area contributed by atoms with Gasteiger partial charge < -0.3 is 20.8 Å². The van der Waals surface area contributed by atoms with Gasteiger partial charge in [0.25, 0.3) is 0 Å². The van der Waals surface area contributed by atoms with E-state index >= 15 is 0 Å². The number of carbonyl (C=O) groups is 1. The summed E-state index contributed by atoms with van der Waals surface area (Å²) in [5, 5.41) is 7.47. The molecular weight excluding hydrogens is 376 g/mol. The Morgan fingerprint density at radius 2 is 2.00 bits per heavy atom. The molecule has 1 aliphatic rings. The summed E-state index contributed by atoms with van der Waals surface area (Å²) < 4.78 is 5.40. The van der Waals surface area contributed by atoms with E-state index in [9.17, 15) is 4.79 Å². The molecule has 1 fully saturated rings. The van der Waals surface area contributed by atoms with Crippen LogP contribution in [0.1, 0.15) is 36.9 Å². The Balaban J connectivity index is 1.96. The second-order valence-electron chi connectivity index (χ2n) is 7.37. The van der Waals surface area contributed by atoms with Crippen molar-refractivity contribution in [2.24, 2.45) is 5.73 Å². The minimum atomic E-state index is -0.344. The van der Waals surface area contributed by atoms with Crippen LogP contribution in [-0.2, 0) is 4.79 Å². The van der Waals surface area contributed by atoms with E-state index in [2.05, 4.69) is 11.8 Å². The van der Waals surface area contributed by atoms with Crippen LogP contribution < -0.4 is 15.4 Å². The smallest absolute Gasteiger partial charge is 0.248 e. The van der Waals surface area contributed by atoms with Crippen molar-refractivity contribution in [3.05, 3.63) is 65.9 Å². The van der Waals surface area contributed by atoms with Gasteiger partial charge in [-0.2, -0.15) is 0 Å². The molecule has 6 nitrogen and oxygen atoms in total. The van der Waals surface area contributed by atoms with Crippen LogP contribution >= 0.6 is 0 Å². The topological polar surface area (TPSA) is 82.7 Å². The maximum Gasteiger partial charge on any atom is 0.248 e. The lowest BCUT2D eigenvalue weighted by molar-refractivity contribution is -0.123. The fourth-order valence-electron chi connectivity index (χ4n) is 3.99. The zero-order valence-electron chi connectivity index (χ0n) is 17.7. The van der Waals surface area contributed by atoms with Crippen LogP contribution in [0.3, 0.4) is 0 Å². The van der Waals surface area contributed by atoms with Gasteiger partial charge in [0.2, 0.25) is 5.91 Å². The molecule has 0 aliphatic carbocycles. The van der Waals surface area contributed by atoms with Gasteiger partial charge in [0.1, 0.15) is 11.8 Å². The normalized spacial score (nSPS) is 18.2. The number of amides is 1. The summed E-state index contributed by atoms with van der Waals surface area (Å²) in [6.07, 6.45) is 4.54. The molecule has 1 unspecified atom stereocenters. The van der Waals surface area contributed by atoms with E-state index in [1.54, 1.807) is 7.11 Å². The summed E-state index contributed by atoms with van der Waals surface area (Å²) in [7, 11) is 1.64. The molecular formula is C24H30N4O2. The van der Waals surface area contributed by atoms with Crippen LogP contribution in [0.5, 0.6) is 5.75 Å². The monoisotopic (exact) mass is 406 g/mol. The fourth-order valence-corrected chi connectivity index (χ4v) is 3.99. The molecule has 3 N–H and O–H groups in total. The number of benzene rings is 2. The number of anilines is 1. The summed E-state index contributed by atoms with van der Waals surface area (Å²) in [4.78, 5) is 17.9. The second-order valence-corrected chi connectivity index (χ2v) is 7.37. The molecule has 30 heavy (non-hydrogen) atoms. The number of allylic oxidation sites excluding steroid dienone is 1. The third-order valence-corrected chi connectivity index (χ3v) is 5.46. The summed E-state index contributed by atoms with van der Waals surface area (Å²) in [6, 6.07) is 15.1. The molecule has 1 atom stereocenters. The molecule has 1 amide bonds. The molecule has 6 heteroatoms. The molecule has 158 valence electrons. The molecule has 0 spiro atoms. The highest BCUT2D eigenvalue weighted by molar-refractivity contribution is 6.08. The van der Waals surface area contributed by atoms with Crippen LogP contribution in [0.15, 0.2) is 54.7 Å². The number of hydrogen-bond acceptors (Lipinski definition) is 5. The molecule has 2 aromatic rings. The van der Waals surface area contributed by atoms with Crippen molar-refractivity contribution >= 4 is 23.4 Å². The lowest BCUT2D eigenvalue weighted by Gasteiger charge is -2.31. The average molecular weight is 407 g/mol. The number of nitrogens with two attached hydrogens (primary N) is 1. The summed E-state index contributed by atoms with van der Waals surface area (Å²) in [6.45, 7) is 4.54. The van der Waals surface area contributed by atoms with E-state index in [0.717, 1.165) is 48.5 Å². The molecule has 1 saturated heterocycles. The summed E-state index contributed by atoms with van der Waals surface area (Å²) in [5.74, 6) is 0.827. The quantitative estimate of drug-likeness (QED) is 0.685. The Morgan fingerprint density at radius 3 is 2.63 bits per heavy atom. The van der Waals surface area contributed by atoms with Gasteiger partial charge in [0.15, 0.2) is 0 Å². The molecule has 1 aliphatic heterocycles. The molecule has 0 radical (unpaired) electrons. The number of nitrogens with one attached hydrogen (secondary N) is 1. The minimum Gasteiger partial charge on any atom is -0.497 e. The summed E-state index contributed by atoms with van der Waals surface area (Å²) >= 11 is 0. The largest absolute Gasteiger partial charge is 0.497 e. The Hall–Kier alpha value is -3.12. The van der Waals surface area contributed by atoms with E-state index in [-0.39, 0.29) is 11.9 Å². The van der Waals surface area contributed by atoms with Crippen molar-refractivity contribution in [3.8, 4) is 5.75 Å². The van der Waals surface area contributed by atoms with Crippen LogP contribution in [-0.4, -0.2) is 43.8 Å². The number of nitrogens with zero attached hydrogens (tertiary/aromatic N) is 2. The van der Waals surface area contributed by atoms with Crippen molar-refractivity contribution in [2.45, 2.75) is 25.8 Å². The predicted octanol–water partition coefficient (Wildman–Crippen LogP) is 3.83. The zero-order valence-corrected chi connectivity index (χ0v) is 17.7. The van der Waals surface area contributed by atoms with Crippen molar-refractivity contribution in [2.75, 3.05) is 31.6 Å². The number of ether oxygens (including phenoxy) is 1. The Labute approximate surface area is 178 Å². The van der Waals surface area contributed by atoms with E-state index in [0.29, 0.717) is 12.1 Å². The van der Waals surface area contributed by atoms with Crippen molar-refractivity contribution in [3.63, 3.8) is 0 Å². The van der Waals surface area contributed by atoms with Gasteiger partial charge in [0.05, 0.1) is 7.11 Å². The predicted molar refractivity (Wildman–Crippen MR) is 122 cm³/mol. The van der Waals surface area contributed by atoms with Gasteiger partial charge in [0, 0.05) is 36.8 Å². The molecule has 0 bridgehead atoms. The van der Waals surface area contributed by atoms with Crippen LogP contribution in [0.2, 0.25) is 0 Å². The highest BCUT2D eigenvalue weighted by Gasteiger charge is 2.34. The molecule has 3 rings (SSSR count). The second kappa shape index (κ2) is 10.1. The van der Waals surface area contributed by atoms with Gasteiger partial charge in [-0.1, -0.05) is 31.2 Å². The van der Waals surface area contributed by atoms with Crippen LogP contribution in [0.25, 0.3) is 5.57 Å². The van der Waals surface area contributed by atoms with Gasteiger partial charge in [-0.05, 0) is 54.8 Å². The van der Waals surface area contributed by atoms with Gasteiger partial charge in [-0.15, -0.1) is 0 Å². The Bertz CT molecular complexity index is 908. The third kappa shape index (κ3) is 4.54. The highest BCUT2D eigenvalue weighted by atomic mass is 16.5. The Kier molecular flexibility index (Phi) is 7.25. The Morgan fingerprint density at radius 1 is 1.23 bits per heavy atom. The number of rotatable bonds is 7. The molecule has 2 aromatic carbocycles.